The summed E-state index contributed by atoms with van der Waals surface area (Å²) in [5.74, 6) is 9.74. The third-order valence-electron chi connectivity index (χ3n) is 3.05. The van der Waals surface area contributed by atoms with Crippen LogP contribution >= 0.6 is 0 Å². The molecule has 0 amide bonds. The highest BCUT2D eigenvalue weighted by molar-refractivity contribution is 6.96. The maximum Gasteiger partial charge on any atom is 0.162 e. The van der Waals surface area contributed by atoms with Crippen molar-refractivity contribution in [2.45, 2.75) is 52.1 Å². The van der Waals surface area contributed by atoms with Crippen LogP contribution in [0.1, 0.15) is 39.0 Å². The van der Waals surface area contributed by atoms with E-state index in [1.807, 2.05) is 0 Å². The number of rotatable bonds is 4. The highest BCUT2D eigenvalue weighted by Gasteiger charge is 2.19. The molecule has 19 heavy (non-hydrogen) atoms. The minimum Gasteiger partial charge on any atom is -0.126 e. The van der Waals surface area contributed by atoms with E-state index in [1.165, 1.54) is 18.0 Å². The van der Waals surface area contributed by atoms with Crippen LogP contribution < -0.4 is 5.19 Å². The fraction of sp³-hybridized carbons (Fsp3) is 0.444. The van der Waals surface area contributed by atoms with E-state index in [1.54, 1.807) is 0 Å². The van der Waals surface area contributed by atoms with Gasteiger partial charge in [-0.3, -0.25) is 0 Å². The summed E-state index contributed by atoms with van der Waals surface area (Å²) in [5, 5.41) is 1.41. The summed E-state index contributed by atoms with van der Waals surface area (Å²) in [6, 6.07) is 10.7. The lowest BCUT2D eigenvalue weighted by molar-refractivity contribution is 0.827. The fourth-order valence-electron chi connectivity index (χ4n) is 1.78. The van der Waals surface area contributed by atoms with Gasteiger partial charge in [0.05, 0.1) is 0 Å². The third kappa shape index (κ3) is 6.32. The molecule has 0 bridgehead atoms. The van der Waals surface area contributed by atoms with Gasteiger partial charge < -0.3 is 0 Å². The van der Waals surface area contributed by atoms with Crippen LogP contribution in [0.15, 0.2) is 30.3 Å². The molecule has 0 atom stereocenters. The van der Waals surface area contributed by atoms with Crippen LogP contribution in [0, 0.1) is 23.3 Å². The molecule has 0 aliphatic heterocycles. The predicted molar refractivity (Wildman–Crippen MR) is 87.9 cm³/mol. The van der Waals surface area contributed by atoms with Gasteiger partial charge in [-0.15, -0.1) is 23.3 Å². The van der Waals surface area contributed by atoms with E-state index in [-0.39, 0.29) is 0 Å². The summed E-state index contributed by atoms with van der Waals surface area (Å²) in [6.07, 6.45) is 5.30. The van der Waals surface area contributed by atoms with Gasteiger partial charge in [-0.25, -0.2) is 0 Å². The second kappa shape index (κ2) is 8.62. The van der Waals surface area contributed by atoms with Crippen LogP contribution in [-0.2, 0) is 0 Å². The van der Waals surface area contributed by atoms with Crippen LogP contribution in [0.25, 0.3) is 0 Å². The van der Waals surface area contributed by atoms with Gasteiger partial charge >= 0.3 is 0 Å². The van der Waals surface area contributed by atoms with Crippen molar-refractivity contribution in [3.8, 4) is 23.3 Å². The summed E-state index contributed by atoms with van der Waals surface area (Å²) >= 11 is 0. The van der Waals surface area contributed by atoms with Gasteiger partial charge in [0.2, 0.25) is 0 Å². The van der Waals surface area contributed by atoms with E-state index < -0.39 is 8.07 Å². The SMILES string of the molecule is CCCCC#CCCC#C[Si](C)(C)c1ccccc1. The number of hydrogen-bond acceptors (Lipinski definition) is 0. The standard InChI is InChI=1S/C18H24Si/c1-4-5-6-7-8-9-10-14-17-19(2,3)18-15-12-11-13-16-18/h11-13,15-16H,4-6,9-10H2,1-3H3. The monoisotopic (exact) mass is 268 g/mol. The molecule has 0 aliphatic rings. The minimum atomic E-state index is -1.57. The smallest absolute Gasteiger partial charge is 0.126 e. The van der Waals surface area contributed by atoms with Gasteiger partial charge in [0.1, 0.15) is 0 Å². The van der Waals surface area contributed by atoms with Gasteiger partial charge in [0, 0.05) is 19.3 Å². The highest BCUT2D eigenvalue weighted by Crippen LogP contribution is 2.01. The Hall–Kier alpha value is -1.44. The van der Waals surface area contributed by atoms with Crippen molar-refractivity contribution in [2.24, 2.45) is 0 Å². The molecule has 0 unspecified atom stereocenters. The zero-order valence-electron chi connectivity index (χ0n) is 12.4. The summed E-state index contributed by atoms with van der Waals surface area (Å²) < 4.78 is 0. The van der Waals surface area contributed by atoms with Gasteiger partial charge in [-0.05, 0) is 11.6 Å². The average Bonchev–Trinajstić information content (AvgIpc) is 2.43. The molecule has 0 heterocycles. The first-order valence-corrected chi connectivity index (χ1v) is 10.2. The Labute approximate surface area is 119 Å². The third-order valence-corrected chi connectivity index (χ3v) is 5.63. The van der Waals surface area contributed by atoms with Gasteiger partial charge in [0.15, 0.2) is 8.07 Å². The maximum atomic E-state index is 3.50. The molecule has 0 saturated heterocycles. The van der Waals surface area contributed by atoms with Crippen LogP contribution in [-0.4, -0.2) is 8.07 Å². The molecule has 1 heteroatoms. The normalized spacial score (nSPS) is 10.1. The van der Waals surface area contributed by atoms with Gasteiger partial charge in [0.25, 0.3) is 0 Å². The van der Waals surface area contributed by atoms with E-state index >= 15 is 0 Å². The van der Waals surface area contributed by atoms with E-state index in [0.29, 0.717) is 0 Å². The fourth-order valence-corrected chi connectivity index (χ4v) is 3.51. The molecule has 0 fully saturated rings. The summed E-state index contributed by atoms with van der Waals surface area (Å²) in [6.45, 7) is 6.81. The zero-order chi connectivity index (χ0) is 14.0. The second-order valence-corrected chi connectivity index (χ2v) is 9.33. The molecular formula is C18H24Si. The number of unbranched alkanes of at least 4 members (excludes halogenated alkanes) is 3. The Morgan fingerprint density at radius 3 is 2.21 bits per heavy atom. The van der Waals surface area contributed by atoms with Crippen molar-refractivity contribution in [1.29, 1.82) is 0 Å². The molecule has 1 aromatic carbocycles. The summed E-state index contributed by atoms with van der Waals surface area (Å²) in [5.41, 5.74) is 3.50. The number of hydrogen-bond donors (Lipinski definition) is 0. The molecule has 0 spiro atoms. The Morgan fingerprint density at radius 1 is 0.895 bits per heavy atom. The van der Waals surface area contributed by atoms with E-state index in [2.05, 4.69) is 73.7 Å². The van der Waals surface area contributed by atoms with Crippen molar-refractivity contribution < 1.29 is 0 Å². The predicted octanol–water partition coefficient (Wildman–Crippen LogP) is 4.12. The van der Waals surface area contributed by atoms with Crippen LogP contribution in [0.4, 0.5) is 0 Å². The second-order valence-electron chi connectivity index (χ2n) is 5.25. The summed E-state index contributed by atoms with van der Waals surface area (Å²) in [7, 11) is -1.57. The first-order valence-electron chi connectivity index (χ1n) is 7.18. The van der Waals surface area contributed by atoms with E-state index in [4.69, 9.17) is 0 Å². The van der Waals surface area contributed by atoms with Gasteiger partial charge in [-0.2, -0.15) is 0 Å². The lowest BCUT2D eigenvalue weighted by Gasteiger charge is -2.14. The minimum absolute atomic E-state index is 0.905. The van der Waals surface area contributed by atoms with Crippen LogP contribution in [0.5, 0.6) is 0 Å². The highest BCUT2D eigenvalue weighted by atomic mass is 28.3. The lowest BCUT2D eigenvalue weighted by atomic mass is 10.2. The Morgan fingerprint density at radius 2 is 1.53 bits per heavy atom. The average molecular weight is 268 g/mol. The van der Waals surface area contributed by atoms with Crippen LogP contribution in [0.2, 0.25) is 13.1 Å². The molecule has 1 rings (SSSR count). The number of benzene rings is 1. The molecule has 0 aromatic heterocycles. The molecule has 0 saturated carbocycles. The van der Waals surface area contributed by atoms with E-state index in [9.17, 15) is 0 Å². The lowest BCUT2D eigenvalue weighted by Crippen LogP contribution is -2.39. The van der Waals surface area contributed by atoms with Crippen molar-refractivity contribution in [3.05, 3.63) is 30.3 Å². The summed E-state index contributed by atoms with van der Waals surface area (Å²) in [4.78, 5) is 0. The molecule has 0 aliphatic carbocycles. The van der Waals surface area contributed by atoms with Crippen LogP contribution in [0.3, 0.4) is 0 Å². The van der Waals surface area contributed by atoms with Gasteiger partial charge in [-0.1, -0.05) is 56.8 Å². The largest absolute Gasteiger partial charge is 0.162 e. The molecule has 0 N–H and O–H groups in total. The molecular weight excluding hydrogens is 244 g/mol. The van der Waals surface area contributed by atoms with E-state index in [0.717, 1.165) is 19.3 Å². The quantitative estimate of drug-likeness (QED) is 0.438. The molecule has 1 aromatic rings. The van der Waals surface area contributed by atoms with Crippen molar-refractivity contribution in [1.82, 2.24) is 0 Å². The van der Waals surface area contributed by atoms with Crippen molar-refractivity contribution in [2.75, 3.05) is 0 Å². The molecule has 0 radical (unpaired) electrons. The van der Waals surface area contributed by atoms with Crippen molar-refractivity contribution >= 4 is 13.3 Å². The zero-order valence-corrected chi connectivity index (χ0v) is 13.4. The maximum absolute atomic E-state index is 3.50. The Bertz CT molecular complexity index is 477. The molecule has 0 nitrogen and oxygen atoms in total. The first-order chi connectivity index (χ1) is 9.17. The Balaban J connectivity index is 2.42. The topological polar surface area (TPSA) is 0 Å². The Kier molecular flexibility index (Phi) is 7.09. The molecule has 100 valence electrons. The van der Waals surface area contributed by atoms with Crippen molar-refractivity contribution in [3.63, 3.8) is 0 Å². The first kappa shape index (κ1) is 15.6.